The molecule has 0 unspecified atom stereocenters. The van der Waals surface area contributed by atoms with Crippen LogP contribution in [0.1, 0.15) is 38.0 Å². The number of primary amides is 1. The highest BCUT2D eigenvalue weighted by molar-refractivity contribution is 5.96. The van der Waals surface area contributed by atoms with E-state index in [1.807, 2.05) is 60.7 Å². The Morgan fingerprint density at radius 1 is 0.840 bits per heavy atom. The molecule has 1 heterocycles. The number of rotatable bonds is 5. The van der Waals surface area contributed by atoms with E-state index in [-0.39, 0.29) is 17.6 Å². The Morgan fingerprint density at radius 3 is 1.84 bits per heavy atom. The fourth-order valence-electron chi connectivity index (χ4n) is 2.54. The monoisotopic (exact) mass is 331 g/mol. The predicted molar refractivity (Wildman–Crippen MR) is 94.9 cm³/mol. The van der Waals surface area contributed by atoms with Crippen LogP contribution in [0.5, 0.6) is 0 Å². The van der Waals surface area contributed by atoms with Crippen molar-refractivity contribution in [2.75, 3.05) is 0 Å². The van der Waals surface area contributed by atoms with Gasteiger partial charge in [-0.15, -0.1) is 0 Å². The standard InChI is InChI=1S/C20H17N3O2/c21-19(24)17-12-11-16(13-22-17)20(25)23-18(14-7-3-1-4-8-14)15-9-5-2-6-10-15/h1-13,18H,(H2,21,24)(H,23,25). The quantitative estimate of drug-likeness (QED) is 0.754. The third-order valence-corrected chi connectivity index (χ3v) is 3.82. The molecule has 3 aromatic rings. The lowest BCUT2D eigenvalue weighted by atomic mass is 9.98. The Hall–Kier alpha value is -3.47. The highest BCUT2D eigenvalue weighted by Crippen LogP contribution is 2.22. The van der Waals surface area contributed by atoms with Gasteiger partial charge >= 0.3 is 0 Å². The van der Waals surface area contributed by atoms with Crippen LogP contribution in [0.25, 0.3) is 0 Å². The molecule has 0 aliphatic carbocycles. The second-order valence-corrected chi connectivity index (χ2v) is 5.52. The van der Waals surface area contributed by atoms with E-state index in [2.05, 4.69) is 10.3 Å². The molecule has 0 spiro atoms. The lowest BCUT2D eigenvalue weighted by Crippen LogP contribution is -2.29. The molecule has 0 aliphatic heterocycles. The molecule has 0 saturated carbocycles. The van der Waals surface area contributed by atoms with Gasteiger partial charge in [0.2, 0.25) is 0 Å². The molecule has 2 amide bonds. The van der Waals surface area contributed by atoms with Gasteiger partial charge in [-0.3, -0.25) is 14.6 Å². The SMILES string of the molecule is NC(=O)c1ccc(C(=O)NC(c2ccccc2)c2ccccc2)cn1. The van der Waals surface area contributed by atoms with Crippen molar-refractivity contribution in [3.05, 3.63) is 101 Å². The number of hydrogen-bond donors (Lipinski definition) is 2. The van der Waals surface area contributed by atoms with Crippen LogP contribution < -0.4 is 11.1 Å². The molecule has 5 nitrogen and oxygen atoms in total. The smallest absolute Gasteiger partial charge is 0.267 e. The van der Waals surface area contributed by atoms with E-state index >= 15 is 0 Å². The lowest BCUT2D eigenvalue weighted by Gasteiger charge is -2.20. The first-order chi connectivity index (χ1) is 12.1. The molecule has 0 aliphatic rings. The molecule has 0 radical (unpaired) electrons. The van der Waals surface area contributed by atoms with Gasteiger partial charge in [0.15, 0.2) is 0 Å². The van der Waals surface area contributed by atoms with Gasteiger partial charge in [0.1, 0.15) is 5.69 Å². The summed E-state index contributed by atoms with van der Waals surface area (Å²) >= 11 is 0. The molecule has 124 valence electrons. The minimum Gasteiger partial charge on any atom is -0.364 e. The van der Waals surface area contributed by atoms with Crippen molar-refractivity contribution in [3.63, 3.8) is 0 Å². The highest BCUT2D eigenvalue weighted by atomic mass is 16.2. The van der Waals surface area contributed by atoms with Gasteiger partial charge in [-0.25, -0.2) is 0 Å². The zero-order valence-corrected chi connectivity index (χ0v) is 13.4. The second kappa shape index (κ2) is 7.40. The molecule has 25 heavy (non-hydrogen) atoms. The minimum atomic E-state index is -0.626. The maximum absolute atomic E-state index is 12.6. The van der Waals surface area contributed by atoms with Gasteiger partial charge in [0.25, 0.3) is 11.8 Å². The first kappa shape index (κ1) is 16.4. The number of carbonyl (C=O) groups is 2. The van der Waals surface area contributed by atoms with Crippen molar-refractivity contribution >= 4 is 11.8 Å². The second-order valence-electron chi connectivity index (χ2n) is 5.52. The summed E-state index contributed by atoms with van der Waals surface area (Å²) in [5, 5.41) is 3.02. The van der Waals surface area contributed by atoms with Crippen LogP contribution in [-0.4, -0.2) is 16.8 Å². The first-order valence-corrected chi connectivity index (χ1v) is 7.82. The first-order valence-electron chi connectivity index (χ1n) is 7.82. The Morgan fingerprint density at radius 2 is 1.40 bits per heavy atom. The van der Waals surface area contributed by atoms with E-state index in [9.17, 15) is 9.59 Å². The number of nitrogens with zero attached hydrogens (tertiary/aromatic N) is 1. The van der Waals surface area contributed by atoms with Crippen molar-refractivity contribution in [2.45, 2.75) is 6.04 Å². The average molecular weight is 331 g/mol. The van der Waals surface area contributed by atoms with Crippen molar-refractivity contribution in [2.24, 2.45) is 5.73 Å². The summed E-state index contributed by atoms with van der Waals surface area (Å²) in [4.78, 5) is 27.6. The van der Waals surface area contributed by atoms with Crippen LogP contribution in [-0.2, 0) is 0 Å². The van der Waals surface area contributed by atoms with Gasteiger partial charge < -0.3 is 11.1 Å². The normalized spacial score (nSPS) is 10.4. The number of amides is 2. The van der Waals surface area contributed by atoms with Crippen LogP contribution in [0.2, 0.25) is 0 Å². The maximum Gasteiger partial charge on any atom is 0.267 e. The molecule has 2 aromatic carbocycles. The van der Waals surface area contributed by atoms with Crippen LogP contribution in [0.4, 0.5) is 0 Å². The molecule has 0 bridgehead atoms. The maximum atomic E-state index is 12.6. The number of hydrogen-bond acceptors (Lipinski definition) is 3. The van der Waals surface area contributed by atoms with Crippen molar-refractivity contribution in [3.8, 4) is 0 Å². The summed E-state index contributed by atoms with van der Waals surface area (Å²) in [7, 11) is 0. The van der Waals surface area contributed by atoms with Gasteiger partial charge in [-0.1, -0.05) is 60.7 Å². The number of nitrogens with one attached hydrogen (secondary N) is 1. The molecule has 3 rings (SSSR count). The predicted octanol–water partition coefficient (Wildman–Crippen LogP) is 2.70. The Bertz CT molecular complexity index is 823. The molecule has 0 saturated heterocycles. The van der Waals surface area contributed by atoms with Gasteiger partial charge in [-0.05, 0) is 23.3 Å². The zero-order valence-electron chi connectivity index (χ0n) is 13.4. The lowest BCUT2D eigenvalue weighted by molar-refractivity contribution is 0.0939. The molecule has 0 atom stereocenters. The number of pyridine rings is 1. The fraction of sp³-hybridized carbons (Fsp3) is 0.0500. The van der Waals surface area contributed by atoms with Crippen molar-refractivity contribution in [1.29, 1.82) is 0 Å². The summed E-state index contributed by atoms with van der Waals surface area (Å²) in [5.41, 5.74) is 7.61. The third kappa shape index (κ3) is 3.90. The Labute approximate surface area is 145 Å². The molecular formula is C20H17N3O2. The van der Waals surface area contributed by atoms with E-state index in [1.54, 1.807) is 0 Å². The number of benzene rings is 2. The van der Waals surface area contributed by atoms with E-state index in [1.165, 1.54) is 18.3 Å². The van der Waals surface area contributed by atoms with E-state index in [0.717, 1.165) is 11.1 Å². The van der Waals surface area contributed by atoms with Crippen LogP contribution in [0.15, 0.2) is 79.0 Å². The van der Waals surface area contributed by atoms with Gasteiger partial charge in [-0.2, -0.15) is 0 Å². The van der Waals surface area contributed by atoms with Crippen LogP contribution in [0.3, 0.4) is 0 Å². The topological polar surface area (TPSA) is 85.1 Å². The van der Waals surface area contributed by atoms with E-state index in [4.69, 9.17) is 5.73 Å². The number of aromatic nitrogens is 1. The fourth-order valence-corrected chi connectivity index (χ4v) is 2.54. The molecule has 5 heteroatoms. The summed E-state index contributed by atoms with van der Waals surface area (Å²) in [6.07, 6.45) is 1.35. The average Bonchev–Trinajstić information content (AvgIpc) is 2.67. The Balaban J connectivity index is 1.87. The summed E-state index contributed by atoms with van der Waals surface area (Å²) in [6, 6.07) is 22.1. The zero-order chi connectivity index (χ0) is 17.6. The minimum absolute atomic E-state index is 0.124. The van der Waals surface area contributed by atoms with Gasteiger partial charge in [0.05, 0.1) is 11.6 Å². The van der Waals surface area contributed by atoms with Crippen LogP contribution in [0, 0.1) is 0 Å². The van der Waals surface area contributed by atoms with E-state index < -0.39 is 5.91 Å². The van der Waals surface area contributed by atoms with Crippen LogP contribution >= 0.6 is 0 Å². The summed E-state index contributed by atoms with van der Waals surface area (Å²) in [6.45, 7) is 0. The van der Waals surface area contributed by atoms with Crippen molar-refractivity contribution in [1.82, 2.24) is 10.3 Å². The molecule has 0 fully saturated rings. The summed E-state index contributed by atoms with van der Waals surface area (Å²) < 4.78 is 0. The molecule has 3 N–H and O–H groups in total. The highest BCUT2D eigenvalue weighted by Gasteiger charge is 2.18. The number of carbonyl (C=O) groups excluding carboxylic acids is 2. The molecule has 1 aromatic heterocycles. The van der Waals surface area contributed by atoms with Gasteiger partial charge in [0, 0.05) is 6.20 Å². The molecular weight excluding hydrogens is 314 g/mol. The summed E-state index contributed by atoms with van der Waals surface area (Å²) in [5.74, 6) is -0.903. The largest absolute Gasteiger partial charge is 0.364 e. The Kier molecular flexibility index (Phi) is 4.85. The third-order valence-electron chi connectivity index (χ3n) is 3.82. The number of nitrogens with two attached hydrogens (primary N) is 1. The van der Waals surface area contributed by atoms with Crippen molar-refractivity contribution < 1.29 is 9.59 Å². The van der Waals surface area contributed by atoms with E-state index in [0.29, 0.717) is 5.56 Å².